The highest BCUT2D eigenvalue weighted by molar-refractivity contribution is 5.86. The van der Waals surface area contributed by atoms with Gasteiger partial charge in [-0.3, -0.25) is 9.59 Å². The van der Waals surface area contributed by atoms with Gasteiger partial charge in [0.1, 0.15) is 0 Å². The van der Waals surface area contributed by atoms with Crippen LogP contribution in [0.1, 0.15) is 40.5 Å². The lowest BCUT2D eigenvalue weighted by atomic mass is 10.1. The molecule has 136 valence electrons. The van der Waals surface area contributed by atoms with Gasteiger partial charge in [-0.15, -0.1) is 0 Å². The summed E-state index contributed by atoms with van der Waals surface area (Å²) >= 11 is 0. The van der Waals surface area contributed by atoms with Crippen LogP contribution in [0.4, 0.5) is 0 Å². The minimum Gasteiger partial charge on any atom is -0.469 e. The van der Waals surface area contributed by atoms with E-state index in [9.17, 15) is 9.59 Å². The van der Waals surface area contributed by atoms with E-state index in [-0.39, 0.29) is 12.3 Å². The van der Waals surface area contributed by atoms with Gasteiger partial charge in [0.05, 0.1) is 26.1 Å². The van der Waals surface area contributed by atoms with Crippen LogP contribution >= 0.6 is 0 Å². The molecule has 0 radical (unpaired) electrons. The fourth-order valence-corrected chi connectivity index (χ4v) is 2.05. The zero-order chi connectivity index (χ0) is 17.8. The van der Waals surface area contributed by atoms with Gasteiger partial charge in [-0.25, -0.2) is 0 Å². The summed E-state index contributed by atoms with van der Waals surface area (Å²) in [4.78, 5) is 25.5. The zero-order valence-electron chi connectivity index (χ0n) is 15.0. The number of carbonyl (C=O) groups is 2. The summed E-state index contributed by atoms with van der Waals surface area (Å²) < 4.78 is 15.6. The first-order valence-corrected chi connectivity index (χ1v) is 8.23. The van der Waals surface area contributed by atoms with Crippen molar-refractivity contribution in [1.82, 2.24) is 4.90 Å². The first kappa shape index (κ1) is 21.8. The maximum Gasteiger partial charge on any atom is 0.307 e. The number of methoxy groups -OCH3 is 1. The monoisotopic (exact) mass is 332 g/mol. The van der Waals surface area contributed by atoms with Crippen LogP contribution in [0.25, 0.3) is 0 Å². The molecule has 23 heavy (non-hydrogen) atoms. The smallest absolute Gasteiger partial charge is 0.307 e. The average molecular weight is 332 g/mol. The van der Waals surface area contributed by atoms with Crippen molar-refractivity contribution in [1.29, 1.82) is 0 Å². The van der Waals surface area contributed by atoms with Crippen molar-refractivity contribution >= 4 is 11.9 Å². The molecular formula is C16H32N2O5. The van der Waals surface area contributed by atoms with Gasteiger partial charge in [0.25, 0.3) is 0 Å². The number of hydrogen-bond donors (Lipinski definition) is 1. The molecule has 0 aliphatic rings. The largest absolute Gasteiger partial charge is 0.469 e. The quantitative estimate of drug-likeness (QED) is 0.426. The summed E-state index contributed by atoms with van der Waals surface area (Å²) in [7, 11) is 1.27. The summed E-state index contributed by atoms with van der Waals surface area (Å²) in [6.45, 7) is 9.67. The number of nitrogens with two attached hydrogens (primary N) is 1. The third-order valence-corrected chi connectivity index (χ3v) is 3.55. The Kier molecular flexibility index (Phi) is 11.6. The van der Waals surface area contributed by atoms with E-state index < -0.39 is 18.3 Å². The number of ether oxygens (including phenoxy) is 3. The fourth-order valence-electron chi connectivity index (χ4n) is 2.05. The van der Waals surface area contributed by atoms with Crippen LogP contribution < -0.4 is 5.73 Å². The number of nitrogens with zero attached hydrogens (tertiary/aromatic N) is 1. The number of rotatable bonds is 12. The minimum absolute atomic E-state index is 0.139. The molecule has 0 spiro atoms. The van der Waals surface area contributed by atoms with Gasteiger partial charge in [0.15, 0.2) is 6.29 Å². The second-order valence-electron chi connectivity index (χ2n) is 5.48. The predicted molar refractivity (Wildman–Crippen MR) is 87.7 cm³/mol. The standard InChI is InChI=1S/C16H32N2O5/c1-6-12(4)10-18(11-15(22-7-2)23-8-3)16(20)13(17)9-14(19)21-5/h12-13,15H,6-11,17H2,1-5H3. The van der Waals surface area contributed by atoms with Gasteiger partial charge in [-0.1, -0.05) is 20.3 Å². The van der Waals surface area contributed by atoms with Crippen molar-refractivity contribution < 1.29 is 23.8 Å². The van der Waals surface area contributed by atoms with Crippen LogP contribution in [-0.2, 0) is 23.8 Å². The molecule has 0 aliphatic heterocycles. The average Bonchev–Trinajstić information content (AvgIpc) is 2.53. The molecule has 0 bridgehead atoms. The molecule has 0 aromatic carbocycles. The van der Waals surface area contributed by atoms with E-state index in [1.165, 1.54) is 7.11 Å². The Morgan fingerprint density at radius 2 is 1.65 bits per heavy atom. The number of esters is 1. The van der Waals surface area contributed by atoms with Crippen molar-refractivity contribution in [3.05, 3.63) is 0 Å². The maximum absolute atomic E-state index is 12.6. The Morgan fingerprint density at radius 1 is 1.09 bits per heavy atom. The first-order chi connectivity index (χ1) is 10.9. The lowest BCUT2D eigenvalue weighted by Crippen LogP contribution is -2.49. The van der Waals surface area contributed by atoms with Crippen molar-refractivity contribution in [3.8, 4) is 0 Å². The lowest BCUT2D eigenvalue weighted by Gasteiger charge is -2.31. The molecule has 2 atom stereocenters. The van der Waals surface area contributed by atoms with Crippen molar-refractivity contribution in [3.63, 3.8) is 0 Å². The van der Waals surface area contributed by atoms with Crippen LogP contribution in [0.15, 0.2) is 0 Å². The van der Waals surface area contributed by atoms with Crippen LogP contribution in [0.2, 0.25) is 0 Å². The highest BCUT2D eigenvalue weighted by Crippen LogP contribution is 2.10. The van der Waals surface area contributed by atoms with Crippen LogP contribution in [0, 0.1) is 5.92 Å². The van der Waals surface area contributed by atoms with E-state index in [0.29, 0.717) is 32.2 Å². The van der Waals surface area contributed by atoms with Crippen LogP contribution in [0.3, 0.4) is 0 Å². The summed E-state index contributed by atoms with van der Waals surface area (Å²) in [5.74, 6) is -0.478. The predicted octanol–water partition coefficient (Wildman–Crippen LogP) is 1.15. The Hall–Kier alpha value is -1.18. The third-order valence-electron chi connectivity index (χ3n) is 3.55. The molecule has 2 N–H and O–H groups in total. The van der Waals surface area contributed by atoms with E-state index in [2.05, 4.69) is 18.6 Å². The Labute approximate surface area is 139 Å². The van der Waals surface area contributed by atoms with E-state index in [4.69, 9.17) is 15.2 Å². The molecule has 0 fully saturated rings. The molecule has 0 aliphatic carbocycles. The molecule has 1 amide bonds. The van der Waals surface area contributed by atoms with Crippen molar-refractivity contribution in [2.45, 2.75) is 52.9 Å². The minimum atomic E-state index is -0.921. The second-order valence-corrected chi connectivity index (χ2v) is 5.48. The third kappa shape index (κ3) is 8.88. The van der Waals surface area contributed by atoms with Crippen LogP contribution in [0.5, 0.6) is 0 Å². The van der Waals surface area contributed by atoms with Crippen molar-refractivity contribution in [2.75, 3.05) is 33.4 Å². The SMILES string of the molecule is CCOC(CN(CC(C)CC)C(=O)C(N)CC(=O)OC)OCC. The fraction of sp³-hybridized carbons (Fsp3) is 0.875. The Bertz CT molecular complexity index is 345. The topological polar surface area (TPSA) is 91.1 Å². The number of hydrogen-bond acceptors (Lipinski definition) is 6. The van der Waals surface area contributed by atoms with E-state index in [1.54, 1.807) is 4.90 Å². The molecule has 0 aromatic rings. The van der Waals surface area contributed by atoms with Gasteiger partial charge < -0.3 is 24.8 Å². The van der Waals surface area contributed by atoms with Gasteiger partial charge in [-0.2, -0.15) is 0 Å². The molecule has 0 aromatic heterocycles. The summed E-state index contributed by atoms with van der Waals surface area (Å²) in [5, 5.41) is 0. The molecule has 7 heteroatoms. The molecule has 0 saturated carbocycles. The zero-order valence-corrected chi connectivity index (χ0v) is 15.0. The molecule has 0 rings (SSSR count). The number of amides is 1. The van der Waals surface area contributed by atoms with E-state index in [0.717, 1.165) is 6.42 Å². The Morgan fingerprint density at radius 3 is 2.09 bits per heavy atom. The molecular weight excluding hydrogens is 300 g/mol. The highest BCUT2D eigenvalue weighted by Gasteiger charge is 2.27. The highest BCUT2D eigenvalue weighted by atomic mass is 16.7. The second kappa shape index (κ2) is 12.3. The molecule has 0 saturated heterocycles. The normalized spacial score (nSPS) is 13.7. The van der Waals surface area contributed by atoms with Gasteiger partial charge in [0.2, 0.25) is 5.91 Å². The van der Waals surface area contributed by atoms with Gasteiger partial charge in [-0.05, 0) is 19.8 Å². The van der Waals surface area contributed by atoms with Crippen LogP contribution in [-0.4, -0.2) is 62.5 Å². The molecule has 2 unspecified atom stereocenters. The summed E-state index contributed by atoms with van der Waals surface area (Å²) in [5.41, 5.74) is 5.86. The van der Waals surface area contributed by atoms with E-state index in [1.807, 2.05) is 13.8 Å². The molecule has 7 nitrogen and oxygen atoms in total. The van der Waals surface area contributed by atoms with Gasteiger partial charge >= 0.3 is 5.97 Å². The lowest BCUT2D eigenvalue weighted by molar-refractivity contribution is -0.161. The first-order valence-electron chi connectivity index (χ1n) is 8.23. The Balaban J connectivity index is 4.95. The van der Waals surface area contributed by atoms with E-state index >= 15 is 0 Å². The summed E-state index contributed by atoms with van der Waals surface area (Å²) in [6, 6.07) is -0.921. The maximum atomic E-state index is 12.6. The van der Waals surface area contributed by atoms with Crippen molar-refractivity contribution in [2.24, 2.45) is 11.7 Å². The molecule has 0 heterocycles. The summed E-state index contributed by atoms with van der Waals surface area (Å²) in [6.07, 6.45) is 0.299. The number of carbonyl (C=O) groups excluding carboxylic acids is 2. The van der Waals surface area contributed by atoms with Gasteiger partial charge in [0, 0.05) is 19.8 Å².